The molecule has 126 valence electrons. The minimum atomic E-state index is -0.232. The van der Waals surface area contributed by atoms with Gasteiger partial charge < -0.3 is 14.8 Å². The van der Waals surface area contributed by atoms with Gasteiger partial charge in [-0.3, -0.25) is 9.69 Å². The molecule has 0 saturated carbocycles. The SMILES string of the molecule is COc1cncnc1NC(=O)c1ccc(CN2CCOCC2)cc1. The molecule has 1 aromatic carbocycles. The molecular weight excluding hydrogens is 308 g/mol. The van der Waals surface area contributed by atoms with E-state index in [1.54, 1.807) is 0 Å². The van der Waals surface area contributed by atoms with Crippen molar-refractivity contribution < 1.29 is 14.3 Å². The molecule has 1 aliphatic heterocycles. The van der Waals surface area contributed by atoms with Gasteiger partial charge in [-0.05, 0) is 17.7 Å². The fourth-order valence-electron chi connectivity index (χ4n) is 2.52. The van der Waals surface area contributed by atoms with E-state index < -0.39 is 0 Å². The number of morpholine rings is 1. The van der Waals surface area contributed by atoms with Crippen LogP contribution in [-0.2, 0) is 11.3 Å². The van der Waals surface area contributed by atoms with Crippen LogP contribution >= 0.6 is 0 Å². The third-order valence-electron chi connectivity index (χ3n) is 3.86. The summed E-state index contributed by atoms with van der Waals surface area (Å²) in [6.07, 6.45) is 2.87. The molecule has 1 N–H and O–H groups in total. The van der Waals surface area contributed by atoms with Gasteiger partial charge >= 0.3 is 0 Å². The smallest absolute Gasteiger partial charge is 0.256 e. The molecule has 1 saturated heterocycles. The predicted molar refractivity (Wildman–Crippen MR) is 89.1 cm³/mol. The fraction of sp³-hybridized carbons (Fsp3) is 0.353. The maximum Gasteiger partial charge on any atom is 0.256 e. The number of anilines is 1. The Morgan fingerprint density at radius 1 is 1.29 bits per heavy atom. The van der Waals surface area contributed by atoms with Crippen molar-refractivity contribution in [1.82, 2.24) is 14.9 Å². The van der Waals surface area contributed by atoms with Gasteiger partial charge in [-0.25, -0.2) is 9.97 Å². The predicted octanol–water partition coefficient (Wildman–Crippen LogP) is 1.57. The monoisotopic (exact) mass is 328 g/mol. The standard InChI is InChI=1S/C17H20N4O3/c1-23-15-10-18-12-19-16(15)20-17(22)14-4-2-13(3-5-14)11-21-6-8-24-9-7-21/h2-5,10,12H,6-9,11H2,1H3,(H,18,19,20,22). The molecule has 7 heteroatoms. The number of ether oxygens (including phenoxy) is 2. The fourth-order valence-corrected chi connectivity index (χ4v) is 2.52. The zero-order valence-corrected chi connectivity index (χ0v) is 13.6. The highest BCUT2D eigenvalue weighted by Crippen LogP contribution is 2.19. The average molecular weight is 328 g/mol. The van der Waals surface area contributed by atoms with E-state index in [4.69, 9.17) is 9.47 Å². The molecule has 0 bridgehead atoms. The minimum absolute atomic E-state index is 0.232. The van der Waals surface area contributed by atoms with Crippen LogP contribution in [0.2, 0.25) is 0 Å². The molecule has 1 amide bonds. The highest BCUT2D eigenvalue weighted by molar-refractivity contribution is 6.04. The lowest BCUT2D eigenvalue weighted by molar-refractivity contribution is 0.0342. The Balaban J connectivity index is 1.63. The van der Waals surface area contributed by atoms with Crippen molar-refractivity contribution in [3.8, 4) is 5.75 Å². The molecule has 0 atom stereocenters. The van der Waals surface area contributed by atoms with Gasteiger partial charge in [0.15, 0.2) is 11.6 Å². The van der Waals surface area contributed by atoms with E-state index in [1.165, 1.54) is 25.2 Å². The average Bonchev–Trinajstić information content (AvgIpc) is 2.63. The molecular formula is C17H20N4O3. The van der Waals surface area contributed by atoms with E-state index in [-0.39, 0.29) is 5.91 Å². The second-order valence-corrected chi connectivity index (χ2v) is 5.48. The lowest BCUT2D eigenvalue weighted by Gasteiger charge is -2.26. The van der Waals surface area contributed by atoms with Crippen molar-refractivity contribution in [3.63, 3.8) is 0 Å². The lowest BCUT2D eigenvalue weighted by Crippen LogP contribution is -2.35. The van der Waals surface area contributed by atoms with E-state index in [0.717, 1.165) is 32.8 Å². The number of rotatable bonds is 5. The number of amides is 1. The molecule has 7 nitrogen and oxygen atoms in total. The maximum absolute atomic E-state index is 12.3. The summed E-state index contributed by atoms with van der Waals surface area (Å²) in [5.41, 5.74) is 1.74. The van der Waals surface area contributed by atoms with Gasteiger partial charge in [0.05, 0.1) is 26.5 Å². The molecule has 0 aliphatic carbocycles. The summed E-state index contributed by atoms with van der Waals surface area (Å²) < 4.78 is 10.5. The van der Waals surface area contributed by atoms with Crippen LogP contribution in [0, 0.1) is 0 Å². The van der Waals surface area contributed by atoms with Gasteiger partial charge in [-0.15, -0.1) is 0 Å². The number of nitrogens with zero attached hydrogens (tertiary/aromatic N) is 3. The first-order valence-corrected chi connectivity index (χ1v) is 7.80. The number of aromatic nitrogens is 2. The minimum Gasteiger partial charge on any atom is -0.491 e. The van der Waals surface area contributed by atoms with Gasteiger partial charge in [0, 0.05) is 25.2 Å². The third kappa shape index (κ3) is 4.06. The van der Waals surface area contributed by atoms with Crippen LogP contribution in [0.15, 0.2) is 36.8 Å². The van der Waals surface area contributed by atoms with E-state index in [1.807, 2.05) is 24.3 Å². The van der Waals surface area contributed by atoms with Crippen LogP contribution < -0.4 is 10.1 Å². The number of carbonyl (C=O) groups excluding carboxylic acids is 1. The number of benzene rings is 1. The zero-order chi connectivity index (χ0) is 16.8. The van der Waals surface area contributed by atoms with Crippen molar-refractivity contribution in [2.45, 2.75) is 6.54 Å². The van der Waals surface area contributed by atoms with Crippen molar-refractivity contribution in [1.29, 1.82) is 0 Å². The molecule has 1 aliphatic rings. The topological polar surface area (TPSA) is 76.6 Å². The molecule has 0 unspecified atom stereocenters. The van der Waals surface area contributed by atoms with Crippen molar-refractivity contribution >= 4 is 11.7 Å². The number of nitrogens with one attached hydrogen (secondary N) is 1. The number of methoxy groups -OCH3 is 1. The van der Waals surface area contributed by atoms with Gasteiger partial charge in [0.1, 0.15) is 6.33 Å². The van der Waals surface area contributed by atoms with Gasteiger partial charge in [-0.2, -0.15) is 0 Å². The van der Waals surface area contributed by atoms with Crippen LogP contribution in [0.5, 0.6) is 5.75 Å². The molecule has 1 fully saturated rings. The Morgan fingerprint density at radius 2 is 2.04 bits per heavy atom. The summed E-state index contributed by atoms with van der Waals surface area (Å²) in [7, 11) is 1.51. The lowest BCUT2D eigenvalue weighted by atomic mass is 10.1. The van der Waals surface area contributed by atoms with Crippen LogP contribution in [0.4, 0.5) is 5.82 Å². The summed E-state index contributed by atoms with van der Waals surface area (Å²) in [6.45, 7) is 4.30. The Hall–Kier alpha value is -2.51. The van der Waals surface area contributed by atoms with E-state index in [0.29, 0.717) is 17.1 Å². The van der Waals surface area contributed by atoms with Crippen molar-refractivity contribution in [3.05, 3.63) is 47.9 Å². The normalized spacial score (nSPS) is 15.0. The van der Waals surface area contributed by atoms with Crippen molar-refractivity contribution in [2.24, 2.45) is 0 Å². The number of hydrogen-bond acceptors (Lipinski definition) is 6. The van der Waals surface area contributed by atoms with Gasteiger partial charge in [0.25, 0.3) is 5.91 Å². The zero-order valence-electron chi connectivity index (χ0n) is 13.6. The molecule has 3 rings (SSSR count). The third-order valence-corrected chi connectivity index (χ3v) is 3.86. The Labute approximate surface area is 140 Å². The van der Waals surface area contributed by atoms with Gasteiger partial charge in [0.2, 0.25) is 0 Å². The second kappa shape index (κ2) is 7.85. The highest BCUT2D eigenvalue weighted by atomic mass is 16.5. The second-order valence-electron chi connectivity index (χ2n) is 5.48. The number of hydrogen-bond donors (Lipinski definition) is 1. The molecule has 2 aromatic rings. The van der Waals surface area contributed by atoms with Crippen LogP contribution in [0.25, 0.3) is 0 Å². The first kappa shape index (κ1) is 16.4. The quantitative estimate of drug-likeness (QED) is 0.898. The molecule has 0 spiro atoms. The number of carbonyl (C=O) groups is 1. The Morgan fingerprint density at radius 3 is 2.75 bits per heavy atom. The van der Waals surface area contributed by atoms with Crippen LogP contribution in [-0.4, -0.2) is 54.2 Å². The van der Waals surface area contributed by atoms with E-state index >= 15 is 0 Å². The first-order chi connectivity index (χ1) is 11.8. The molecule has 1 aromatic heterocycles. The summed E-state index contributed by atoms with van der Waals surface area (Å²) in [6, 6.07) is 7.58. The van der Waals surface area contributed by atoms with Crippen LogP contribution in [0.1, 0.15) is 15.9 Å². The first-order valence-electron chi connectivity index (χ1n) is 7.80. The highest BCUT2D eigenvalue weighted by Gasteiger charge is 2.13. The molecule has 0 radical (unpaired) electrons. The summed E-state index contributed by atoms with van der Waals surface area (Å²) >= 11 is 0. The van der Waals surface area contributed by atoms with Crippen molar-refractivity contribution in [2.75, 3.05) is 38.7 Å². The Bertz CT molecular complexity index is 684. The summed E-state index contributed by atoms with van der Waals surface area (Å²) in [5, 5.41) is 2.74. The van der Waals surface area contributed by atoms with Gasteiger partial charge in [-0.1, -0.05) is 12.1 Å². The summed E-state index contributed by atoms with van der Waals surface area (Å²) in [4.78, 5) is 22.6. The Kier molecular flexibility index (Phi) is 5.35. The molecule has 24 heavy (non-hydrogen) atoms. The maximum atomic E-state index is 12.3. The van der Waals surface area contributed by atoms with E-state index in [2.05, 4.69) is 20.2 Å². The summed E-state index contributed by atoms with van der Waals surface area (Å²) in [5.74, 6) is 0.551. The van der Waals surface area contributed by atoms with E-state index in [9.17, 15) is 4.79 Å². The largest absolute Gasteiger partial charge is 0.491 e. The van der Waals surface area contributed by atoms with Crippen LogP contribution in [0.3, 0.4) is 0 Å². The molecule has 2 heterocycles.